The van der Waals surface area contributed by atoms with Crippen LogP contribution < -0.4 is 0 Å². The second kappa shape index (κ2) is 5.92. The van der Waals surface area contributed by atoms with E-state index in [0.29, 0.717) is 18.1 Å². The molecule has 1 atom stereocenters. The normalized spacial score (nSPS) is 21.2. The summed E-state index contributed by atoms with van der Waals surface area (Å²) < 4.78 is 0. The maximum absolute atomic E-state index is 11.4. The predicted octanol–water partition coefficient (Wildman–Crippen LogP) is 3.63. The van der Waals surface area contributed by atoms with Crippen molar-refractivity contribution >= 4 is 11.9 Å². The SMILES string of the molecule is CCC(=O)CCCN1CCC2=Cc3ccccc3C2C1. The number of carbonyl (C=O) groups is 1. The van der Waals surface area contributed by atoms with Crippen LogP contribution in [0.25, 0.3) is 6.08 Å². The molecule has 3 rings (SSSR count). The standard InChI is InChI=1S/C18H23NO/c1-2-16(20)7-5-10-19-11-9-15-12-14-6-3-4-8-17(14)18(15)13-19/h3-4,6,8,12,18H,2,5,7,9-11,13H2,1H3. The molecule has 1 saturated heterocycles. The Hall–Kier alpha value is -1.41. The molecule has 0 spiro atoms. The van der Waals surface area contributed by atoms with E-state index < -0.39 is 0 Å². The number of likely N-dealkylation sites (tertiary alicyclic amines) is 1. The molecule has 106 valence electrons. The topological polar surface area (TPSA) is 20.3 Å². The summed E-state index contributed by atoms with van der Waals surface area (Å²) in [5, 5.41) is 0. The minimum Gasteiger partial charge on any atom is -0.302 e. The number of hydrogen-bond donors (Lipinski definition) is 0. The molecule has 20 heavy (non-hydrogen) atoms. The van der Waals surface area contributed by atoms with E-state index >= 15 is 0 Å². The zero-order valence-corrected chi connectivity index (χ0v) is 12.3. The zero-order chi connectivity index (χ0) is 13.9. The van der Waals surface area contributed by atoms with Gasteiger partial charge in [0.15, 0.2) is 0 Å². The number of ketones is 1. The maximum Gasteiger partial charge on any atom is 0.132 e. The molecule has 0 bridgehead atoms. The highest BCUT2D eigenvalue weighted by atomic mass is 16.1. The Kier molecular flexibility index (Phi) is 4.02. The highest BCUT2D eigenvalue weighted by Gasteiger charge is 2.30. The second-order valence-corrected chi connectivity index (χ2v) is 5.95. The van der Waals surface area contributed by atoms with Gasteiger partial charge in [-0.3, -0.25) is 4.79 Å². The number of rotatable bonds is 5. The Morgan fingerprint density at radius 1 is 1.35 bits per heavy atom. The van der Waals surface area contributed by atoms with Gasteiger partial charge in [-0.25, -0.2) is 0 Å². The van der Waals surface area contributed by atoms with Gasteiger partial charge in [0.05, 0.1) is 0 Å². The van der Waals surface area contributed by atoms with E-state index in [9.17, 15) is 4.79 Å². The quantitative estimate of drug-likeness (QED) is 0.813. The molecule has 1 heterocycles. The van der Waals surface area contributed by atoms with Gasteiger partial charge in [-0.05, 0) is 30.5 Å². The lowest BCUT2D eigenvalue weighted by Crippen LogP contribution is -2.35. The number of Topliss-reactive ketones (excluding diaryl/α,β-unsaturated/α-hetero) is 1. The van der Waals surface area contributed by atoms with Gasteiger partial charge < -0.3 is 4.90 Å². The van der Waals surface area contributed by atoms with Crippen molar-refractivity contribution in [2.45, 2.75) is 38.5 Å². The summed E-state index contributed by atoms with van der Waals surface area (Å²) in [6.45, 7) is 5.30. The van der Waals surface area contributed by atoms with Crippen LogP contribution >= 0.6 is 0 Å². The summed E-state index contributed by atoms with van der Waals surface area (Å²) in [6, 6.07) is 8.77. The third-order valence-electron chi connectivity index (χ3n) is 4.64. The second-order valence-electron chi connectivity index (χ2n) is 5.95. The third kappa shape index (κ3) is 2.71. The van der Waals surface area contributed by atoms with Crippen molar-refractivity contribution in [2.24, 2.45) is 0 Å². The fourth-order valence-corrected chi connectivity index (χ4v) is 3.44. The average molecular weight is 269 g/mol. The van der Waals surface area contributed by atoms with Gasteiger partial charge in [0, 0.05) is 31.8 Å². The van der Waals surface area contributed by atoms with Gasteiger partial charge in [0.25, 0.3) is 0 Å². The minimum absolute atomic E-state index is 0.397. The van der Waals surface area contributed by atoms with Crippen LogP contribution in [0.15, 0.2) is 29.8 Å². The van der Waals surface area contributed by atoms with E-state index in [1.165, 1.54) is 17.5 Å². The van der Waals surface area contributed by atoms with Crippen molar-refractivity contribution in [1.82, 2.24) is 4.90 Å². The van der Waals surface area contributed by atoms with E-state index in [0.717, 1.165) is 32.5 Å². The van der Waals surface area contributed by atoms with Crippen molar-refractivity contribution in [3.63, 3.8) is 0 Å². The van der Waals surface area contributed by atoms with E-state index in [4.69, 9.17) is 0 Å². The molecular formula is C18H23NO. The van der Waals surface area contributed by atoms with Crippen LogP contribution in [0.3, 0.4) is 0 Å². The van der Waals surface area contributed by atoms with Crippen LogP contribution in [-0.2, 0) is 4.79 Å². The Morgan fingerprint density at radius 2 is 2.20 bits per heavy atom. The number of carbonyl (C=O) groups excluding carboxylic acids is 1. The van der Waals surface area contributed by atoms with Gasteiger partial charge in [-0.2, -0.15) is 0 Å². The highest BCUT2D eigenvalue weighted by Crippen LogP contribution is 2.40. The lowest BCUT2D eigenvalue weighted by molar-refractivity contribution is -0.118. The fourth-order valence-electron chi connectivity index (χ4n) is 3.44. The first kappa shape index (κ1) is 13.6. The molecule has 2 aliphatic rings. The summed E-state index contributed by atoms with van der Waals surface area (Å²) in [4.78, 5) is 13.9. The Balaban J connectivity index is 1.59. The predicted molar refractivity (Wildman–Crippen MR) is 82.7 cm³/mol. The molecule has 0 radical (unpaired) electrons. The lowest BCUT2D eigenvalue weighted by Gasteiger charge is -2.33. The van der Waals surface area contributed by atoms with E-state index in [2.05, 4.69) is 35.2 Å². The van der Waals surface area contributed by atoms with Crippen molar-refractivity contribution in [2.75, 3.05) is 19.6 Å². The third-order valence-corrected chi connectivity index (χ3v) is 4.64. The first-order chi connectivity index (χ1) is 9.78. The largest absolute Gasteiger partial charge is 0.302 e. The fraction of sp³-hybridized carbons (Fsp3) is 0.500. The van der Waals surface area contributed by atoms with Crippen LogP contribution in [0.5, 0.6) is 0 Å². The van der Waals surface area contributed by atoms with Crippen LogP contribution in [0.1, 0.15) is 49.7 Å². The monoisotopic (exact) mass is 269 g/mol. The summed E-state index contributed by atoms with van der Waals surface area (Å²) >= 11 is 0. The van der Waals surface area contributed by atoms with Crippen LogP contribution in [0.4, 0.5) is 0 Å². The number of benzene rings is 1. The Labute approximate surface area is 121 Å². The molecule has 1 aromatic rings. The van der Waals surface area contributed by atoms with E-state index in [1.54, 1.807) is 5.57 Å². The number of fused-ring (bicyclic) bond motifs is 3. The smallest absolute Gasteiger partial charge is 0.132 e. The molecule has 0 saturated carbocycles. The van der Waals surface area contributed by atoms with Gasteiger partial charge in [-0.15, -0.1) is 0 Å². The first-order valence-electron chi connectivity index (χ1n) is 7.81. The van der Waals surface area contributed by atoms with E-state index in [-0.39, 0.29) is 0 Å². The van der Waals surface area contributed by atoms with Crippen molar-refractivity contribution < 1.29 is 4.79 Å². The molecule has 0 N–H and O–H groups in total. The van der Waals surface area contributed by atoms with Crippen molar-refractivity contribution in [1.29, 1.82) is 0 Å². The molecule has 2 heteroatoms. The molecule has 0 aromatic heterocycles. The van der Waals surface area contributed by atoms with Gasteiger partial charge in [-0.1, -0.05) is 42.8 Å². The molecule has 2 nitrogen and oxygen atoms in total. The molecular weight excluding hydrogens is 246 g/mol. The molecule has 1 aliphatic carbocycles. The van der Waals surface area contributed by atoms with Crippen molar-refractivity contribution in [3.05, 3.63) is 41.0 Å². The van der Waals surface area contributed by atoms with Crippen LogP contribution in [0, 0.1) is 0 Å². The number of piperidine rings is 1. The molecule has 1 aromatic carbocycles. The van der Waals surface area contributed by atoms with E-state index in [1.807, 2.05) is 6.92 Å². The number of nitrogens with zero attached hydrogens (tertiary/aromatic N) is 1. The average Bonchev–Trinajstić information content (AvgIpc) is 2.85. The number of hydrogen-bond acceptors (Lipinski definition) is 2. The van der Waals surface area contributed by atoms with Crippen LogP contribution in [-0.4, -0.2) is 30.3 Å². The summed E-state index contributed by atoms with van der Waals surface area (Å²) in [5.74, 6) is 0.996. The first-order valence-corrected chi connectivity index (χ1v) is 7.81. The molecule has 1 fully saturated rings. The summed E-state index contributed by atoms with van der Waals surface area (Å²) in [7, 11) is 0. The molecule has 1 aliphatic heterocycles. The van der Waals surface area contributed by atoms with Gasteiger partial charge >= 0.3 is 0 Å². The Morgan fingerprint density at radius 3 is 3.05 bits per heavy atom. The summed E-state index contributed by atoms with van der Waals surface area (Å²) in [6.07, 6.45) is 6.01. The zero-order valence-electron chi connectivity index (χ0n) is 12.3. The van der Waals surface area contributed by atoms with Crippen molar-refractivity contribution in [3.8, 4) is 0 Å². The Bertz CT molecular complexity index is 532. The van der Waals surface area contributed by atoms with Gasteiger partial charge in [0.1, 0.15) is 5.78 Å². The molecule has 1 unspecified atom stereocenters. The summed E-state index contributed by atoms with van der Waals surface area (Å²) in [5.41, 5.74) is 4.51. The minimum atomic E-state index is 0.397. The maximum atomic E-state index is 11.4. The lowest BCUT2D eigenvalue weighted by atomic mass is 9.90. The van der Waals surface area contributed by atoms with Crippen LogP contribution in [0.2, 0.25) is 0 Å². The molecule has 0 amide bonds. The highest BCUT2D eigenvalue weighted by molar-refractivity contribution is 5.77. The van der Waals surface area contributed by atoms with Gasteiger partial charge in [0.2, 0.25) is 0 Å².